The molecule has 1 heterocycles. The predicted octanol–water partition coefficient (Wildman–Crippen LogP) is 8.42. The molecule has 0 aliphatic carbocycles. The van der Waals surface area contributed by atoms with Gasteiger partial charge in [0.05, 0.1) is 33.0 Å². The molecule has 1 saturated heterocycles. The standard InChI is InChI=1S/C40H39ClO6/c41-34-21-23-35(24-22-34)46-40-39(45-28-33-19-11-4-12-20-33)38(44-27-32-17-9-3-10-18-32)37(43-26-31-15-7-2-8-16-31)36(47-40)29-42-25-30-13-5-1-6-14-30/h1-24,36-40H,25-29H2/t36?,37-,38?,39?,40-/m1/s1. The van der Waals surface area contributed by atoms with E-state index in [0.29, 0.717) is 37.2 Å². The first-order chi connectivity index (χ1) is 23.2. The van der Waals surface area contributed by atoms with E-state index in [2.05, 4.69) is 0 Å². The molecule has 3 unspecified atom stereocenters. The average molecular weight is 651 g/mol. The molecule has 5 aromatic rings. The van der Waals surface area contributed by atoms with E-state index < -0.39 is 30.7 Å². The van der Waals surface area contributed by atoms with E-state index in [1.165, 1.54) is 0 Å². The SMILES string of the molecule is Clc1ccc(O[C@@H]2OC(COCc3ccccc3)[C@@H](OCc3ccccc3)C(OCc3ccccc3)C2OCc2ccccc2)cc1. The van der Waals surface area contributed by atoms with Crippen molar-refractivity contribution in [1.29, 1.82) is 0 Å². The Morgan fingerprint density at radius 2 is 0.894 bits per heavy atom. The molecule has 47 heavy (non-hydrogen) atoms. The minimum atomic E-state index is -0.831. The Morgan fingerprint density at radius 1 is 0.468 bits per heavy atom. The van der Waals surface area contributed by atoms with E-state index in [0.717, 1.165) is 22.3 Å². The lowest BCUT2D eigenvalue weighted by Crippen LogP contribution is -2.62. The zero-order valence-electron chi connectivity index (χ0n) is 26.1. The Morgan fingerprint density at radius 3 is 1.38 bits per heavy atom. The van der Waals surface area contributed by atoms with Gasteiger partial charge in [0.25, 0.3) is 0 Å². The molecule has 5 aromatic carbocycles. The van der Waals surface area contributed by atoms with Crippen molar-refractivity contribution in [3.05, 3.63) is 173 Å². The van der Waals surface area contributed by atoms with Crippen molar-refractivity contribution >= 4 is 11.6 Å². The maximum absolute atomic E-state index is 6.77. The summed E-state index contributed by atoms with van der Waals surface area (Å²) in [6.07, 6.45) is -3.13. The Labute approximate surface area is 281 Å². The molecule has 0 aromatic heterocycles. The third-order valence-electron chi connectivity index (χ3n) is 7.91. The number of benzene rings is 5. The maximum atomic E-state index is 6.77. The van der Waals surface area contributed by atoms with Crippen LogP contribution in [0.3, 0.4) is 0 Å². The highest BCUT2D eigenvalue weighted by molar-refractivity contribution is 6.30. The molecule has 1 fully saturated rings. The monoisotopic (exact) mass is 650 g/mol. The number of rotatable bonds is 15. The predicted molar refractivity (Wildman–Crippen MR) is 182 cm³/mol. The highest BCUT2D eigenvalue weighted by Gasteiger charge is 2.49. The van der Waals surface area contributed by atoms with Crippen LogP contribution < -0.4 is 4.74 Å². The van der Waals surface area contributed by atoms with Crippen LogP contribution in [-0.4, -0.2) is 37.3 Å². The average Bonchev–Trinajstić information content (AvgIpc) is 3.12. The first kappa shape index (κ1) is 32.9. The van der Waals surface area contributed by atoms with Gasteiger partial charge in [-0.05, 0) is 46.5 Å². The van der Waals surface area contributed by atoms with Crippen molar-refractivity contribution in [3.63, 3.8) is 0 Å². The van der Waals surface area contributed by atoms with E-state index in [-0.39, 0.29) is 6.61 Å². The van der Waals surface area contributed by atoms with Crippen LogP contribution in [0.25, 0.3) is 0 Å². The molecule has 0 saturated carbocycles. The molecule has 0 radical (unpaired) electrons. The number of hydrogen-bond acceptors (Lipinski definition) is 6. The van der Waals surface area contributed by atoms with Gasteiger partial charge in [0.2, 0.25) is 6.29 Å². The van der Waals surface area contributed by atoms with Crippen LogP contribution in [0.1, 0.15) is 22.3 Å². The summed E-state index contributed by atoms with van der Waals surface area (Å²) >= 11 is 6.19. The molecule has 6 rings (SSSR count). The molecule has 6 nitrogen and oxygen atoms in total. The summed E-state index contributed by atoms with van der Waals surface area (Å²) in [5.41, 5.74) is 4.17. The van der Waals surface area contributed by atoms with Gasteiger partial charge in [-0.15, -0.1) is 0 Å². The number of halogens is 1. The Balaban J connectivity index is 1.31. The third-order valence-corrected chi connectivity index (χ3v) is 8.16. The molecule has 0 spiro atoms. The molecule has 0 N–H and O–H groups in total. The van der Waals surface area contributed by atoms with Crippen LogP contribution in [0, 0.1) is 0 Å². The second-order valence-electron chi connectivity index (χ2n) is 11.4. The van der Waals surface area contributed by atoms with Crippen molar-refractivity contribution in [1.82, 2.24) is 0 Å². The quantitative estimate of drug-likeness (QED) is 0.113. The zero-order valence-corrected chi connectivity index (χ0v) is 26.9. The molecule has 0 amide bonds. The number of ether oxygens (including phenoxy) is 6. The van der Waals surface area contributed by atoms with Gasteiger partial charge in [0.1, 0.15) is 30.2 Å². The van der Waals surface area contributed by atoms with Gasteiger partial charge in [-0.1, -0.05) is 133 Å². The van der Waals surface area contributed by atoms with Gasteiger partial charge in [-0.3, -0.25) is 0 Å². The highest BCUT2D eigenvalue weighted by atomic mass is 35.5. The van der Waals surface area contributed by atoms with Crippen LogP contribution in [0.4, 0.5) is 0 Å². The first-order valence-corrected chi connectivity index (χ1v) is 16.2. The minimum Gasteiger partial charge on any atom is -0.462 e. The fraction of sp³-hybridized carbons (Fsp3) is 0.250. The van der Waals surface area contributed by atoms with Gasteiger partial charge in [0.15, 0.2) is 0 Å². The van der Waals surface area contributed by atoms with E-state index in [4.69, 9.17) is 40.0 Å². The minimum absolute atomic E-state index is 0.255. The molecule has 242 valence electrons. The van der Waals surface area contributed by atoms with Crippen LogP contribution in [0.5, 0.6) is 5.75 Å². The van der Waals surface area contributed by atoms with Gasteiger partial charge >= 0.3 is 0 Å². The van der Waals surface area contributed by atoms with Crippen molar-refractivity contribution in [3.8, 4) is 5.75 Å². The van der Waals surface area contributed by atoms with Crippen molar-refractivity contribution in [2.75, 3.05) is 6.61 Å². The summed E-state index contributed by atoms with van der Waals surface area (Å²) < 4.78 is 39.6. The second-order valence-corrected chi connectivity index (χ2v) is 11.8. The summed E-state index contributed by atoms with van der Waals surface area (Å²) in [7, 11) is 0. The van der Waals surface area contributed by atoms with Gasteiger partial charge in [0, 0.05) is 5.02 Å². The molecule has 0 bridgehead atoms. The van der Waals surface area contributed by atoms with Gasteiger partial charge in [-0.2, -0.15) is 0 Å². The third kappa shape index (κ3) is 9.75. The Kier molecular flexibility index (Phi) is 12.1. The topological polar surface area (TPSA) is 55.4 Å². The summed E-state index contributed by atoms with van der Waals surface area (Å²) in [6, 6.07) is 47.5. The number of hydrogen-bond donors (Lipinski definition) is 0. The fourth-order valence-corrected chi connectivity index (χ4v) is 5.62. The van der Waals surface area contributed by atoms with E-state index in [9.17, 15) is 0 Å². The molecule has 5 atom stereocenters. The maximum Gasteiger partial charge on any atom is 0.229 e. The van der Waals surface area contributed by atoms with E-state index >= 15 is 0 Å². The zero-order chi connectivity index (χ0) is 32.1. The smallest absolute Gasteiger partial charge is 0.229 e. The van der Waals surface area contributed by atoms with Crippen molar-refractivity contribution in [2.24, 2.45) is 0 Å². The lowest BCUT2D eigenvalue weighted by molar-refractivity contribution is -0.310. The molecule has 1 aliphatic heterocycles. The largest absolute Gasteiger partial charge is 0.462 e. The summed E-state index contributed by atoms with van der Waals surface area (Å²) in [5, 5.41) is 0.615. The highest BCUT2D eigenvalue weighted by Crippen LogP contribution is 2.33. The Bertz CT molecular complexity index is 1590. The van der Waals surface area contributed by atoms with Gasteiger partial charge in [-0.25, -0.2) is 0 Å². The summed E-state index contributed by atoms with van der Waals surface area (Å²) in [6.45, 7) is 1.74. The summed E-state index contributed by atoms with van der Waals surface area (Å²) in [5.74, 6) is 0.599. The molecule has 1 aliphatic rings. The van der Waals surface area contributed by atoms with Gasteiger partial charge < -0.3 is 28.4 Å². The summed E-state index contributed by atoms with van der Waals surface area (Å²) in [4.78, 5) is 0. The lowest BCUT2D eigenvalue weighted by Gasteiger charge is -2.45. The van der Waals surface area contributed by atoms with E-state index in [1.54, 1.807) is 12.1 Å². The Hall–Kier alpha value is -4.01. The molecule has 7 heteroatoms. The van der Waals surface area contributed by atoms with Crippen LogP contribution in [0.15, 0.2) is 146 Å². The van der Waals surface area contributed by atoms with Crippen LogP contribution in [-0.2, 0) is 50.1 Å². The van der Waals surface area contributed by atoms with Crippen LogP contribution in [0.2, 0.25) is 5.02 Å². The second kappa shape index (κ2) is 17.2. The lowest BCUT2D eigenvalue weighted by atomic mass is 9.97. The van der Waals surface area contributed by atoms with Crippen molar-refractivity contribution in [2.45, 2.75) is 57.1 Å². The first-order valence-electron chi connectivity index (χ1n) is 15.9. The molecular weight excluding hydrogens is 612 g/mol. The molecular formula is C40H39ClO6. The fourth-order valence-electron chi connectivity index (χ4n) is 5.49. The normalized spacial score (nSPS) is 20.9. The van der Waals surface area contributed by atoms with Crippen LogP contribution >= 0.6 is 11.6 Å². The van der Waals surface area contributed by atoms with Crippen molar-refractivity contribution < 1.29 is 28.4 Å². The van der Waals surface area contributed by atoms with E-state index in [1.807, 2.05) is 133 Å².